The third-order valence-electron chi connectivity index (χ3n) is 4.17. The molecular weight excluding hydrogens is 377 g/mol. The summed E-state index contributed by atoms with van der Waals surface area (Å²) in [4.78, 5) is 14.4. The summed E-state index contributed by atoms with van der Waals surface area (Å²) in [7, 11) is 1.60. The van der Waals surface area contributed by atoms with Gasteiger partial charge in [-0.3, -0.25) is 4.99 Å². The van der Waals surface area contributed by atoms with Crippen LogP contribution in [0.15, 0.2) is 28.7 Å². The van der Waals surface area contributed by atoms with Gasteiger partial charge >= 0.3 is 6.18 Å². The lowest BCUT2D eigenvalue weighted by molar-refractivity contribution is -0.140. The van der Waals surface area contributed by atoms with Crippen molar-refractivity contribution in [1.29, 1.82) is 0 Å². The van der Waals surface area contributed by atoms with Gasteiger partial charge in [0.25, 0.3) is 0 Å². The predicted octanol–water partition coefficient (Wildman–Crippen LogP) is 3.02. The van der Waals surface area contributed by atoms with Crippen LogP contribution in [0.1, 0.15) is 29.1 Å². The van der Waals surface area contributed by atoms with Gasteiger partial charge in [0.2, 0.25) is 0 Å². The van der Waals surface area contributed by atoms with E-state index in [1.807, 2.05) is 18.3 Å². The van der Waals surface area contributed by atoms with Gasteiger partial charge in [-0.25, -0.2) is 9.97 Å². The Balaban J connectivity index is 1.48. The average molecular weight is 398 g/mol. The fourth-order valence-electron chi connectivity index (χ4n) is 2.74. The Morgan fingerprint density at radius 2 is 1.96 bits per heavy atom. The van der Waals surface area contributed by atoms with E-state index in [-0.39, 0.29) is 6.54 Å². The summed E-state index contributed by atoms with van der Waals surface area (Å²) in [5.74, 6) is 1.48. The lowest BCUT2D eigenvalue weighted by Crippen LogP contribution is -2.36. The van der Waals surface area contributed by atoms with Crippen LogP contribution in [-0.2, 0) is 19.3 Å². The van der Waals surface area contributed by atoms with E-state index >= 15 is 0 Å². The molecule has 2 N–H and O–H groups in total. The van der Waals surface area contributed by atoms with Crippen molar-refractivity contribution in [3.05, 3.63) is 40.0 Å². The second-order valence-corrected chi connectivity index (χ2v) is 7.07. The summed E-state index contributed by atoms with van der Waals surface area (Å²) in [6, 6.07) is 4.02. The van der Waals surface area contributed by atoms with E-state index in [0.717, 1.165) is 41.2 Å². The van der Waals surface area contributed by atoms with Crippen LogP contribution in [0, 0.1) is 0 Å². The normalized spacial score (nSPS) is 15.3. The van der Waals surface area contributed by atoms with Crippen molar-refractivity contribution in [3.8, 4) is 0 Å². The second kappa shape index (κ2) is 8.55. The molecule has 6 nitrogen and oxygen atoms in total. The number of aromatic nitrogens is 2. The topological polar surface area (TPSA) is 65.4 Å². The molecule has 0 aliphatic carbocycles. The summed E-state index contributed by atoms with van der Waals surface area (Å²) in [6.07, 6.45) is -0.180. The van der Waals surface area contributed by atoms with Crippen molar-refractivity contribution in [2.45, 2.75) is 32.1 Å². The summed E-state index contributed by atoms with van der Waals surface area (Å²) < 4.78 is 37.7. The first-order valence-corrected chi connectivity index (χ1v) is 9.49. The van der Waals surface area contributed by atoms with E-state index in [2.05, 4.69) is 30.5 Å². The maximum atomic E-state index is 12.6. The van der Waals surface area contributed by atoms with Gasteiger partial charge in [0, 0.05) is 38.3 Å². The van der Waals surface area contributed by atoms with E-state index in [0.29, 0.717) is 17.5 Å². The van der Waals surface area contributed by atoms with Crippen LogP contribution in [0.5, 0.6) is 0 Å². The van der Waals surface area contributed by atoms with Crippen molar-refractivity contribution in [1.82, 2.24) is 20.6 Å². The molecule has 27 heavy (non-hydrogen) atoms. The van der Waals surface area contributed by atoms with E-state index in [9.17, 15) is 13.2 Å². The monoisotopic (exact) mass is 398 g/mol. The van der Waals surface area contributed by atoms with Crippen LogP contribution >= 0.6 is 11.3 Å². The second-order valence-electron chi connectivity index (χ2n) is 6.12. The molecule has 3 heterocycles. The van der Waals surface area contributed by atoms with Gasteiger partial charge in [-0.05, 0) is 24.5 Å². The number of nitrogens with one attached hydrogen (secondary N) is 2. The van der Waals surface area contributed by atoms with Crippen molar-refractivity contribution >= 4 is 23.1 Å². The summed E-state index contributed by atoms with van der Waals surface area (Å²) in [5.41, 5.74) is 0.130. The molecule has 1 fully saturated rings. The van der Waals surface area contributed by atoms with Gasteiger partial charge < -0.3 is 15.5 Å². The molecule has 0 radical (unpaired) electrons. The maximum absolute atomic E-state index is 12.6. The number of thiazole rings is 1. The number of pyridine rings is 1. The van der Waals surface area contributed by atoms with Gasteiger partial charge in [-0.15, -0.1) is 11.3 Å². The molecule has 1 aliphatic rings. The maximum Gasteiger partial charge on any atom is 0.434 e. The molecule has 2 aromatic heterocycles. The largest absolute Gasteiger partial charge is 0.434 e. The van der Waals surface area contributed by atoms with Crippen LogP contribution in [0.2, 0.25) is 0 Å². The first kappa shape index (κ1) is 19.4. The van der Waals surface area contributed by atoms with Gasteiger partial charge in [-0.1, -0.05) is 6.07 Å². The highest BCUT2D eigenvalue weighted by Crippen LogP contribution is 2.29. The van der Waals surface area contributed by atoms with Gasteiger partial charge in [0.05, 0.1) is 6.54 Å². The number of hydrogen-bond acceptors (Lipinski definition) is 5. The number of anilines is 1. The Kier molecular flexibility index (Phi) is 6.15. The Morgan fingerprint density at radius 1 is 1.22 bits per heavy atom. The lowest BCUT2D eigenvalue weighted by Gasteiger charge is -2.16. The van der Waals surface area contributed by atoms with Crippen molar-refractivity contribution in [2.75, 3.05) is 25.0 Å². The summed E-state index contributed by atoms with van der Waals surface area (Å²) in [5, 5.41) is 7.45. The molecule has 2 aromatic rings. The SMILES string of the molecule is CN=C(NCc1ccc(N2CCCC2)nc1)NCc1nc(C(F)(F)F)cs1. The standard InChI is InChI=1S/C17H21F3N6S/c1-21-16(24-10-15-25-13(11-27-15)17(18,19)20)23-9-12-4-5-14(22-8-12)26-6-2-3-7-26/h4-5,8,11H,2-3,6-7,9-10H2,1H3,(H2,21,23,24). The summed E-state index contributed by atoms with van der Waals surface area (Å²) >= 11 is 0.966. The van der Waals surface area contributed by atoms with Crippen LogP contribution in [0.25, 0.3) is 0 Å². The number of guanidine groups is 1. The molecule has 10 heteroatoms. The predicted molar refractivity (Wildman–Crippen MR) is 99.8 cm³/mol. The van der Waals surface area contributed by atoms with Crippen molar-refractivity contribution in [2.24, 2.45) is 4.99 Å². The number of aliphatic imine (C=N–C) groups is 1. The van der Waals surface area contributed by atoms with Crippen LogP contribution in [-0.4, -0.2) is 36.1 Å². The Bertz CT molecular complexity index is 766. The number of rotatable bonds is 5. The van der Waals surface area contributed by atoms with Crippen LogP contribution in [0.3, 0.4) is 0 Å². The van der Waals surface area contributed by atoms with Gasteiger partial charge in [-0.2, -0.15) is 13.2 Å². The Hall–Kier alpha value is -2.36. The molecule has 3 rings (SSSR count). The van der Waals surface area contributed by atoms with E-state index in [4.69, 9.17) is 0 Å². The Morgan fingerprint density at radius 3 is 2.56 bits per heavy atom. The zero-order valence-corrected chi connectivity index (χ0v) is 15.7. The highest BCUT2D eigenvalue weighted by Gasteiger charge is 2.33. The first-order valence-electron chi connectivity index (χ1n) is 8.61. The Labute approximate surface area is 159 Å². The molecule has 0 unspecified atom stereocenters. The number of halogens is 3. The molecule has 0 bridgehead atoms. The molecule has 1 aliphatic heterocycles. The fourth-order valence-corrected chi connectivity index (χ4v) is 3.48. The smallest absolute Gasteiger partial charge is 0.357 e. The molecule has 0 saturated carbocycles. The zero-order valence-electron chi connectivity index (χ0n) is 14.9. The first-order chi connectivity index (χ1) is 13.0. The van der Waals surface area contributed by atoms with Gasteiger partial charge in [0.1, 0.15) is 10.8 Å². The molecule has 0 atom stereocenters. The minimum atomic E-state index is -4.41. The third kappa shape index (κ3) is 5.31. The number of alkyl halides is 3. The molecule has 0 amide bonds. The average Bonchev–Trinajstić information content (AvgIpc) is 3.34. The van der Waals surface area contributed by atoms with E-state index in [1.54, 1.807) is 7.05 Å². The molecular formula is C17H21F3N6S. The number of nitrogens with zero attached hydrogens (tertiary/aromatic N) is 4. The number of hydrogen-bond donors (Lipinski definition) is 2. The lowest BCUT2D eigenvalue weighted by atomic mass is 10.3. The molecule has 146 valence electrons. The highest BCUT2D eigenvalue weighted by atomic mass is 32.1. The molecule has 1 saturated heterocycles. The van der Waals surface area contributed by atoms with Crippen molar-refractivity contribution in [3.63, 3.8) is 0 Å². The molecule has 0 aromatic carbocycles. The quantitative estimate of drug-likeness (QED) is 0.599. The van der Waals surface area contributed by atoms with Crippen LogP contribution in [0.4, 0.5) is 19.0 Å². The summed E-state index contributed by atoms with van der Waals surface area (Å²) in [6.45, 7) is 2.78. The van der Waals surface area contributed by atoms with Crippen molar-refractivity contribution < 1.29 is 13.2 Å². The van der Waals surface area contributed by atoms with Gasteiger partial charge in [0.15, 0.2) is 11.7 Å². The molecule has 0 spiro atoms. The minimum Gasteiger partial charge on any atom is -0.357 e. The van der Waals surface area contributed by atoms with E-state index < -0.39 is 11.9 Å². The van der Waals surface area contributed by atoms with Crippen LogP contribution < -0.4 is 15.5 Å². The highest BCUT2D eigenvalue weighted by molar-refractivity contribution is 7.09. The zero-order chi connectivity index (χ0) is 19.3. The minimum absolute atomic E-state index is 0.173. The fraction of sp³-hybridized carbons (Fsp3) is 0.471. The van der Waals surface area contributed by atoms with E-state index in [1.165, 1.54) is 12.8 Å². The third-order valence-corrected chi connectivity index (χ3v) is 5.02.